The minimum absolute atomic E-state index is 0.0209. The van der Waals surface area contributed by atoms with Crippen molar-refractivity contribution in [3.63, 3.8) is 0 Å². The number of sulfonamides is 1. The Kier molecular flexibility index (Phi) is 6.95. The van der Waals surface area contributed by atoms with Crippen LogP contribution in [0, 0.1) is 0 Å². The Balaban J connectivity index is 1.51. The first-order chi connectivity index (χ1) is 16.4. The van der Waals surface area contributed by atoms with Gasteiger partial charge in [0, 0.05) is 29.6 Å². The fraction of sp³-hybridized carbons (Fsp3) is 0.0800. The molecule has 0 atom stereocenters. The number of nitrogens with zero attached hydrogens (tertiary/aromatic N) is 2. The number of nitrogens with one attached hydrogen (secondary N) is 2. The van der Waals surface area contributed by atoms with Gasteiger partial charge in [-0.2, -0.15) is 0 Å². The second-order valence-corrected chi connectivity index (χ2v) is 9.30. The molecule has 3 aromatic carbocycles. The van der Waals surface area contributed by atoms with E-state index >= 15 is 0 Å². The number of nitrogens with two attached hydrogens (primary N) is 1. The third-order valence-corrected chi connectivity index (χ3v) is 6.42. The number of aromatic nitrogens is 2. The Morgan fingerprint density at radius 1 is 0.882 bits per heavy atom. The van der Waals surface area contributed by atoms with Crippen molar-refractivity contribution in [3.8, 4) is 11.3 Å². The molecular formula is C25H23N5O3S. The number of hydrogen-bond acceptors (Lipinski definition) is 6. The van der Waals surface area contributed by atoms with E-state index in [0.29, 0.717) is 22.9 Å². The smallest absolute Gasteiger partial charge is 0.240 e. The maximum atomic E-state index is 12.6. The highest BCUT2D eigenvalue weighted by Gasteiger charge is 2.15. The van der Waals surface area contributed by atoms with E-state index in [0.717, 1.165) is 11.1 Å². The van der Waals surface area contributed by atoms with Crippen LogP contribution in [0.1, 0.15) is 11.1 Å². The summed E-state index contributed by atoms with van der Waals surface area (Å²) in [5.74, 6) is -0.163. The highest BCUT2D eigenvalue weighted by molar-refractivity contribution is 7.89. The normalized spacial score (nSPS) is 11.2. The monoisotopic (exact) mass is 473 g/mol. The number of rotatable bonds is 9. The summed E-state index contributed by atoms with van der Waals surface area (Å²) in [7, 11) is -3.66. The van der Waals surface area contributed by atoms with Crippen LogP contribution in [0.25, 0.3) is 11.3 Å². The lowest BCUT2D eigenvalue weighted by Crippen LogP contribution is -2.23. The quantitative estimate of drug-likeness (QED) is 0.342. The lowest BCUT2D eigenvalue weighted by molar-refractivity contribution is -0.117. The topological polar surface area (TPSA) is 127 Å². The lowest BCUT2D eigenvalue weighted by atomic mass is 10.0. The Labute approximate surface area is 197 Å². The van der Waals surface area contributed by atoms with Crippen molar-refractivity contribution in [1.29, 1.82) is 0 Å². The molecule has 1 amide bonds. The van der Waals surface area contributed by atoms with Crippen molar-refractivity contribution in [2.45, 2.75) is 17.9 Å². The van der Waals surface area contributed by atoms with E-state index in [4.69, 9.17) is 5.73 Å². The lowest BCUT2D eigenvalue weighted by Gasteiger charge is -2.11. The van der Waals surface area contributed by atoms with Gasteiger partial charge in [0.05, 0.1) is 17.0 Å². The van der Waals surface area contributed by atoms with Crippen LogP contribution >= 0.6 is 0 Å². The predicted octanol–water partition coefficient (Wildman–Crippen LogP) is 3.39. The number of primary amides is 1. The van der Waals surface area contributed by atoms with Crippen LogP contribution in [0.5, 0.6) is 0 Å². The van der Waals surface area contributed by atoms with Crippen LogP contribution in [-0.4, -0.2) is 24.3 Å². The molecule has 0 aliphatic carbocycles. The maximum Gasteiger partial charge on any atom is 0.240 e. The molecule has 4 rings (SSSR count). The molecule has 0 saturated heterocycles. The molecule has 0 aliphatic heterocycles. The van der Waals surface area contributed by atoms with Gasteiger partial charge in [-0.1, -0.05) is 60.7 Å². The van der Waals surface area contributed by atoms with Crippen molar-refractivity contribution < 1.29 is 13.2 Å². The zero-order valence-electron chi connectivity index (χ0n) is 18.2. The van der Waals surface area contributed by atoms with Gasteiger partial charge in [-0.15, -0.1) is 0 Å². The Bertz CT molecular complexity index is 1380. The minimum atomic E-state index is -3.66. The van der Waals surface area contributed by atoms with E-state index in [2.05, 4.69) is 20.0 Å². The summed E-state index contributed by atoms with van der Waals surface area (Å²) in [4.78, 5) is 20.5. The molecule has 0 radical (unpaired) electrons. The van der Waals surface area contributed by atoms with E-state index in [-0.39, 0.29) is 17.9 Å². The molecule has 34 heavy (non-hydrogen) atoms. The summed E-state index contributed by atoms with van der Waals surface area (Å²) in [5.41, 5.74) is 8.91. The highest BCUT2D eigenvalue weighted by Crippen LogP contribution is 2.24. The van der Waals surface area contributed by atoms with E-state index < -0.39 is 15.9 Å². The summed E-state index contributed by atoms with van der Waals surface area (Å²) in [6.07, 6.45) is 1.59. The summed E-state index contributed by atoms with van der Waals surface area (Å²) in [6.45, 7) is 0.205. The van der Waals surface area contributed by atoms with Crippen molar-refractivity contribution in [2.75, 3.05) is 5.32 Å². The van der Waals surface area contributed by atoms with Crippen LogP contribution in [0.2, 0.25) is 0 Å². The van der Waals surface area contributed by atoms with E-state index in [1.54, 1.807) is 18.3 Å². The van der Waals surface area contributed by atoms with Crippen molar-refractivity contribution in [2.24, 2.45) is 5.73 Å². The van der Waals surface area contributed by atoms with Gasteiger partial charge in [0.1, 0.15) is 0 Å². The second kappa shape index (κ2) is 10.2. The van der Waals surface area contributed by atoms with Gasteiger partial charge in [0.2, 0.25) is 21.9 Å². The van der Waals surface area contributed by atoms with Crippen LogP contribution in [0.4, 0.5) is 11.6 Å². The van der Waals surface area contributed by atoms with Crippen molar-refractivity contribution >= 4 is 27.6 Å². The fourth-order valence-electron chi connectivity index (χ4n) is 3.33. The second-order valence-electron chi connectivity index (χ2n) is 7.54. The number of carbonyl (C=O) groups excluding carboxylic acids is 1. The zero-order chi connectivity index (χ0) is 24.0. The molecule has 8 nitrogen and oxygen atoms in total. The van der Waals surface area contributed by atoms with E-state index in [9.17, 15) is 13.2 Å². The van der Waals surface area contributed by atoms with Crippen LogP contribution in [-0.2, 0) is 27.8 Å². The van der Waals surface area contributed by atoms with E-state index in [1.807, 2.05) is 60.7 Å². The van der Waals surface area contributed by atoms with Crippen LogP contribution in [0.3, 0.4) is 0 Å². The molecule has 0 unspecified atom stereocenters. The molecule has 1 heterocycles. The molecule has 0 bridgehead atoms. The summed E-state index contributed by atoms with van der Waals surface area (Å²) < 4.78 is 27.8. The first-order valence-electron chi connectivity index (χ1n) is 10.5. The predicted molar refractivity (Wildman–Crippen MR) is 131 cm³/mol. The summed E-state index contributed by atoms with van der Waals surface area (Å²) in [6, 6.07) is 25.0. The highest BCUT2D eigenvalue weighted by atomic mass is 32.2. The average molecular weight is 474 g/mol. The molecule has 172 valence electrons. The SMILES string of the molecule is NC(=O)Cc1cnc(Nc2ccc(S(=O)(=O)NCc3ccccc3)cc2)nc1-c1ccccc1. The third-order valence-electron chi connectivity index (χ3n) is 5.01. The molecule has 0 spiro atoms. The van der Waals surface area contributed by atoms with Gasteiger partial charge in [0.25, 0.3) is 0 Å². The van der Waals surface area contributed by atoms with E-state index in [1.165, 1.54) is 12.1 Å². The fourth-order valence-corrected chi connectivity index (χ4v) is 4.35. The largest absolute Gasteiger partial charge is 0.369 e. The number of carbonyl (C=O) groups is 1. The third kappa shape index (κ3) is 5.83. The Morgan fingerprint density at radius 3 is 2.18 bits per heavy atom. The number of anilines is 2. The van der Waals surface area contributed by atoms with Gasteiger partial charge in [-0.25, -0.2) is 23.1 Å². The molecule has 0 saturated carbocycles. The first kappa shape index (κ1) is 23.1. The zero-order valence-corrected chi connectivity index (χ0v) is 19.0. The Morgan fingerprint density at radius 2 is 1.53 bits per heavy atom. The summed E-state index contributed by atoms with van der Waals surface area (Å²) >= 11 is 0. The standard InChI is InChI=1S/C25H23N5O3S/c26-23(31)15-20-17-27-25(30-24(20)19-9-5-2-6-10-19)29-21-11-13-22(14-12-21)34(32,33)28-16-18-7-3-1-4-8-18/h1-14,17,28H,15-16H2,(H2,26,31)(H,27,29,30). The minimum Gasteiger partial charge on any atom is -0.369 e. The maximum absolute atomic E-state index is 12.6. The number of amides is 1. The molecule has 4 aromatic rings. The average Bonchev–Trinajstić information content (AvgIpc) is 2.85. The van der Waals surface area contributed by atoms with Gasteiger partial charge < -0.3 is 11.1 Å². The Hall–Kier alpha value is -4.08. The molecular weight excluding hydrogens is 450 g/mol. The number of hydrogen-bond donors (Lipinski definition) is 3. The van der Waals surface area contributed by atoms with Crippen LogP contribution < -0.4 is 15.8 Å². The van der Waals surface area contributed by atoms with Crippen molar-refractivity contribution in [3.05, 3.63) is 102 Å². The first-order valence-corrected chi connectivity index (χ1v) is 12.0. The van der Waals surface area contributed by atoms with Crippen molar-refractivity contribution in [1.82, 2.24) is 14.7 Å². The molecule has 0 aliphatic rings. The van der Waals surface area contributed by atoms with Gasteiger partial charge >= 0.3 is 0 Å². The number of benzene rings is 3. The van der Waals surface area contributed by atoms with Gasteiger partial charge in [-0.05, 0) is 29.8 Å². The van der Waals surface area contributed by atoms with Crippen LogP contribution in [0.15, 0.2) is 96.0 Å². The molecule has 4 N–H and O–H groups in total. The van der Waals surface area contributed by atoms with Gasteiger partial charge in [-0.3, -0.25) is 4.79 Å². The molecule has 0 fully saturated rings. The molecule has 9 heteroatoms. The summed E-state index contributed by atoms with van der Waals surface area (Å²) in [5, 5.41) is 3.08. The van der Waals surface area contributed by atoms with Gasteiger partial charge in [0.15, 0.2) is 0 Å². The molecule has 1 aromatic heterocycles.